The number of ether oxygens (including phenoxy) is 2. The number of carbonyl (C=O) groups excluding carboxylic acids is 1. The van der Waals surface area contributed by atoms with Gasteiger partial charge in [0.2, 0.25) is 5.79 Å². The van der Waals surface area contributed by atoms with E-state index in [1.807, 2.05) is 0 Å². The van der Waals surface area contributed by atoms with E-state index in [0.717, 1.165) is 17.7 Å². The van der Waals surface area contributed by atoms with Crippen molar-refractivity contribution in [3.63, 3.8) is 0 Å². The quantitative estimate of drug-likeness (QED) is 0.0473. The average Bonchev–Trinajstić information content (AvgIpc) is 3.16. The Hall–Kier alpha value is -0.590. The first kappa shape index (κ1) is 40.4. The second kappa shape index (κ2) is 16.3. The summed E-state index contributed by atoms with van der Waals surface area (Å²) in [5, 5.41) is 84.1. The molecule has 2 saturated heterocycles. The summed E-state index contributed by atoms with van der Waals surface area (Å²) in [6.45, 7) is -1.17. The third-order valence-corrected chi connectivity index (χ3v) is 7.22. The van der Waals surface area contributed by atoms with Crippen LogP contribution < -0.4 is 80.8 Å². The number of aliphatic hydroxyl groups is 6. The summed E-state index contributed by atoms with van der Waals surface area (Å²) in [7, 11) is -5.57. The molecule has 3 rings (SSSR count). The number of carbonyl (C=O) groups is 1. The summed E-state index contributed by atoms with van der Waals surface area (Å²) < 4.78 is 33.4. The molecule has 0 saturated carbocycles. The van der Waals surface area contributed by atoms with Crippen molar-refractivity contribution in [1.82, 2.24) is 9.55 Å². The van der Waals surface area contributed by atoms with E-state index in [9.17, 15) is 54.8 Å². The smallest absolute Gasteiger partial charge is 0.862 e. The van der Waals surface area contributed by atoms with Gasteiger partial charge in [-0.1, -0.05) is 0 Å². The fourth-order valence-corrected chi connectivity index (χ4v) is 5.20. The standard InChI is InChI=1S/C20H31N4O16P.2Na/c1-7(26)22-12-8(27)4-20(18(32)33,39-16(12)13(29)9(28)5-25)40-41(35,36)37-6-10-14(30)15(31)17(38-10)24-3-2-11(21)23-19(24)34;;/h2-3,8-10,12-17,25,27-31H,4-6H2,1H3,(H,22,26)(H,32,33)(H,35,36)(H2,21,23,34);;/q;2*+1/p-2/t8-,9+,10+,12+,13+,14+,15+,16+,17+,20-;;/m0../s1. The van der Waals surface area contributed by atoms with Gasteiger partial charge in [-0.05, 0) is 18.9 Å². The molecular weight excluding hydrogens is 629 g/mol. The van der Waals surface area contributed by atoms with Gasteiger partial charge in [0.15, 0.2) is 6.23 Å². The predicted molar refractivity (Wildman–Crippen MR) is 125 cm³/mol. The Labute approximate surface area is 286 Å². The molecule has 0 spiro atoms. The van der Waals surface area contributed by atoms with Crippen molar-refractivity contribution in [3.8, 4) is 0 Å². The van der Waals surface area contributed by atoms with Gasteiger partial charge in [0, 0.05) is 12.6 Å². The minimum atomic E-state index is -5.57. The van der Waals surface area contributed by atoms with E-state index in [1.54, 1.807) is 0 Å². The molecule has 43 heavy (non-hydrogen) atoms. The second-order valence-electron chi connectivity index (χ2n) is 9.22. The monoisotopic (exact) mass is 658 g/mol. The van der Waals surface area contributed by atoms with Crippen molar-refractivity contribution in [2.75, 3.05) is 18.9 Å². The molecule has 1 aromatic heterocycles. The van der Waals surface area contributed by atoms with Crippen molar-refractivity contribution in [3.05, 3.63) is 22.7 Å². The van der Waals surface area contributed by atoms with E-state index >= 15 is 0 Å². The van der Waals surface area contributed by atoms with Gasteiger partial charge in [0.1, 0.15) is 54.5 Å². The van der Waals surface area contributed by atoms with Gasteiger partial charge in [0.05, 0.1) is 19.3 Å². The first-order chi connectivity index (χ1) is 19.0. The van der Waals surface area contributed by atoms with Crippen LogP contribution >= 0.6 is 7.82 Å². The topological polar surface area (TPSA) is 332 Å². The number of aliphatic imine (C=N–C) groups is 1. The van der Waals surface area contributed by atoms with Gasteiger partial charge < -0.3 is 65.7 Å². The van der Waals surface area contributed by atoms with Crippen LogP contribution in [0.1, 0.15) is 19.6 Å². The van der Waals surface area contributed by atoms with Gasteiger partial charge in [0.25, 0.3) is 0 Å². The van der Waals surface area contributed by atoms with Crippen LogP contribution in [0.3, 0.4) is 0 Å². The summed E-state index contributed by atoms with van der Waals surface area (Å²) in [4.78, 5) is 41.3. The molecule has 232 valence electrons. The van der Waals surface area contributed by atoms with E-state index < -0.39 is 106 Å². The zero-order valence-electron chi connectivity index (χ0n) is 23.1. The number of nitrogens with zero attached hydrogens (tertiary/aromatic N) is 3. The summed E-state index contributed by atoms with van der Waals surface area (Å²) in [5.41, 5.74) is 4.45. The van der Waals surface area contributed by atoms with Gasteiger partial charge in [-0.15, -0.1) is 0 Å². The molecule has 0 bridgehead atoms. The maximum Gasteiger partial charge on any atom is 1.00 e. The molecule has 1 aromatic rings. The van der Waals surface area contributed by atoms with Gasteiger partial charge in [-0.3, -0.25) is 14.1 Å². The van der Waals surface area contributed by atoms with Crippen LogP contribution in [0.15, 0.2) is 22.1 Å². The average molecular weight is 658 g/mol. The Bertz CT molecular complexity index is 1240. The van der Waals surface area contributed by atoms with Crippen molar-refractivity contribution < 1.29 is 133 Å². The molecule has 20 nitrogen and oxygen atoms in total. The van der Waals surface area contributed by atoms with Crippen LogP contribution in [0.2, 0.25) is 0 Å². The van der Waals surface area contributed by atoms with Crippen LogP contribution in [0.5, 0.6) is 0 Å². The maximum atomic E-state index is 12.8. The molecule has 2 aliphatic rings. The molecule has 2 fully saturated rings. The van der Waals surface area contributed by atoms with E-state index in [1.165, 1.54) is 6.07 Å². The molecule has 0 aromatic carbocycles. The SMILES string of the molecule is CC([O-])=N[C@H]1[C@H]([C@H](O)[C@H](O)CO)O[C@@](OP(=O)(O)OC[C@H]2O[C@@H](n3ccc(N)nc3=O)[C@H](O)[C@@H]2O)(C(=O)[O-])C[C@@H]1O.[Na+].[Na+]. The molecule has 9 N–H and O–H groups in total. The summed E-state index contributed by atoms with van der Waals surface area (Å²) in [6, 6.07) is -0.523. The van der Waals surface area contributed by atoms with Crippen LogP contribution in [0.4, 0.5) is 5.82 Å². The zero-order valence-corrected chi connectivity index (χ0v) is 28.0. The van der Waals surface area contributed by atoms with Crippen LogP contribution in [-0.4, -0.2) is 125 Å². The van der Waals surface area contributed by atoms with E-state index in [4.69, 9.17) is 29.4 Å². The number of aliphatic hydroxyl groups excluding tert-OH is 6. The first-order valence-electron chi connectivity index (χ1n) is 11.8. The van der Waals surface area contributed by atoms with Crippen molar-refractivity contribution in [2.24, 2.45) is 4.99 Å². The third-order valence-electron chi connectivity index (χ3n) is 6.22. The number of hydrogen-bond donors (Lipinski definition) is 8. The second-order valence-corrected chi connectivity index (χ2v) is 10.6. The Kier molecular flexibility index (Phi) is 15.3. The number of aromatic nitrogens is 2. The molecule has 3 heterocycles. The Morgan fingerprint density at radius 1 is 1.30 bits per heavy atom. The van der Waals surface area contributed by atoms with Crippen LogP contribution in [0, 0.1) is 0 Å². The minimum Gasteiger partial charge on any atom is -0.862 e. The number of carboxylic acids is 1. The van der Waals surface area contributed by atoms with Gasteiger partial charge in [-0.25, -0.2) is 13.9 Å². The number of nitrogen functional groups attached to an aromatic ring is 1. The van der Waals surface area contributed by atoms with E-state index in [2.05, 4.69) is 9.98 Å². The number of nitrogens with two attached hydrogens (primary N) is 1. The summed E-state index contributed by atoms with van der Waals surface area (Å²) in [6.07, 6.45) is -15.1. The number of anilines is 1. The Morgan fingerprint density at radius 2 is 1.93 bits per heavy atom. The Morgan fingerprint density at radius 3 is 2.47 bits per heavy atom. The first-order valence-corrected chi connectivity index (χ1v) is 13.3. The molecule has 0 radical (unpaired) electrons. The van der Waals surface area contributed by atoms with Gasteiger partial charge in [-0.2, -0.15) is 4.98 Å². The number of phosphoric ester groups is 1. The molecular formula is C20H29N4Na2O16P. The number of hydrogen-bond acceptors (Lipinski definition) is 18. The zero-order chi connectivity index (χ0) is 30.9. The number of aliphatic carboxylic acids is 1. The molecule has 1 unspecified atom stereocenters. The van der Waals surface area contributed by atoms with Crippen LogP contribution in [-0.2, 0) is 27.9 Å². The molecule has 2 aliphatic heterocycles. The maximum absolute atomic E-state index is 12.8. The number of phosphoric acid groups is 1. The number of rotatable bonds is 11. The molecule has 11 atom stereocenters. The predicted octanol–water partition coefficient (Wildman–Crippen LogP) is -13.0. The molecule has 0 aliphatic carbocycles. The minimum absolute atomic E-state index is 0. The van der Waals surface area contributed by atoms with Crippen molar-refractivity contribution in [2.45, 2.75) is 74.1 Å². The van der Waals surface area contributed by atoms with E-state index in [-0.39, 0.29) is 64.9 Å². The third kappa shape index (κ3) is 9.47. The van der Waals surface area contributed by atoms with Gasteiger partial charge >= 0.3 is 72.6 Å². The largest absolute Gasteiger partial charge is 1.00 e. The molecule has 0 amide bonds. The summed E-state index contributed by atoms with van der Waals surface area (Å²) >= 11 is 0. The van der Waals surface area contributed by atoms with Crippen LogP contribution in [0.25, 0.3) is 0 Å². The fourth-order valence-electron chi connectivity index (χ4n) is 4.24. The normalized spacial score (nSPS) is 33.9. The molecule has 23 heteroatoms. The van der Waals surface area contributed by atoms with Crippen molar-refractivity contribution in [1.29, 1.82) is 0 Å². The number of carboxylic acid groups (broad SMARTS) is 1. The van der Waals surface area contributed by atoms with Crippen molar-refractivity contribution >= 4 is 25.5 Å². The van der Waals surface area contributed by atoms with E-state index in [0.29, 0.717) is 0 Å². The Balaban J connectivity index is 0.00000462. The summed E-state index contributed by atoms with van der Waals surface area (Å²) in [5.74, 6) is -6.74. The fraction of sp³-hybridized carbons (Fsp3) is 0.700.